The number of aryl methyl sites for hydroxylation is 2. The molecule has 7 rings (SSSR count). The monoisotopic (exact) mass is 464 g/mol. The normalized spacial score (nSPS) is 26.9. The molecule has 4 aliphatic rings. The topological polar surface area (TPSA) is 35.5 Å². The van der Waals surface area contributed by atoms with E-state index in [2.05, 4.69) is 70.9 Å². The lowest BCUT2D eigenvalue weighted by atomic mass is 9.53. The number of phenols is 1. The summed E-state index contributed by atoms with van der Waals surface area (Å²) in [4.78, 5) is 2.28. The Morgan fingerprint density at radius 2 is 1.66 bits per heavy atom. The van der Waals surface area contributed by atoms with Crippen molar-refractivity contribution >= 4 is 17.1 Å². The van der Waals surface area contributed by atoms with E-state index in [0.717, 1.165) is 36.4 Å². The van der Waals surface area contributed by atoms with Crippen LogP contribution in [0.4, 0.5) is 17.1 Å². The third-order valence-electron chi connectivity index (χ3n) is 9.58. The van der Waals surface area contributed by atoms with Gasteiger partial charge in [-0.15, -0.1) is 0 Å². The number of nitrogens with zero attached hydrogens (tertiary/aromatic N) is 1. The second kappa shape index (κ2) is 8.41. The highest BCUT2D eigenvalue weighted by Gasteiger charge is 2.51. The summed E-state index contributed by atoms with van der Waals surface area (Å²) < 4.78 is 0. The van der Waals surface area contributed by atoms with Crippen molar-refractivity contribution in [1.29, 1.82) is 0 Å². The summed E-state index contributed by atoms with van der Waals surface area (Å²) in [5.74, 6) is 1.13. The number of phenolic OH excluding ortho intramolecular Hbond substituents is 1. The van der Waals surface area contributed by atoms with Gasteiger partial charge < -0.3 is 15.3 Å². The molecule has 0 aromatic heterocycles. The molecule has 3 aromatic rings. The van der Waals surface area contributed by atoms with Gasteiger partial charge in [0.2, 0.25) is 0 Å². The van der Waals surface area contributed by atoms with Crippen molar-refractivity contribution in [3.8, 4) is 5.75 Å². The third-order valence-corrected chi connectivity index (χ3v) is 9.58. The predicted molar refractivity (Wildman–Crippen MR) is 143 cm³/mol. The zero-order valence-corrected chi connectivity index (χ0v) is 20.6. The molecule has 1 heterocycles. The van der Waals surface area contributed by atoms with Crippen molar-refractivity contribution in [2.24, 2.45) is 5.92 Å². The van der Waals surface area contributed by atoms with E-state index in [4.69, 9.17) is 0 Å². The zero-order chi connectivity index (χ0) is 23.4. The summed E-state index contributed by atoms with van der Waals surface area (Å²) in [5.41, 5.74) is 9.25. The predicted octanol–water partition coefficient (Wildman–Crippen LogP) is 7.09. The minimum absolute atomic E-state index is 0.251. The minimum atomic E-state index is 0.251. The Hall–Kier alpha value is -2.78. The molecule has 0 radical (unpaired) electrons. The SMILES string of the molecule is Oc1cc2c(cc1N(c1ccccc1)c1ccc3c(c1)CCCC3)C[C@H]1NCC[C@@]23CCCC[C@@H]13. The van der Waals surface area contributed by atoms with E-state index in [0.29, 0.717) is 17.7 Å². The average molecular weight is 465 g/mol. The molecule has 3 atom stereocenters. The first-order chi connectivity index (χ1) is 17.2. The maximum Gasteiger partial charge on any atom is 0.139 e. The number of piperidine rings is 1. The van der Waals surface area contributed by atoms with Gasteiger partial charge in [-0.1, -0.05) is 37.1 Å². The second-order valence-electron chi connectivity index (χ2n) is 11.4. The fourth-order valence-electron chi connectivity index (χ4n) is 8.00. The molecule has 1 saturated heterocycles. The van der Waals surface area contributed by atoms with Crippen molar-refractivity contribution in [1.82, 2.24) is 5.32 Å². The summed E-state index contributed by atoms with van der Waals surface area (Å²) >= 11 is 0. The molecule has 0 unspecified atom stereocenters. The molecule has 3 aliphatic carbocycles. The van der Waals surface area contributed by atoms with Gasteiger partial charge >= 0.3 is 0 Å². The van der Waals surface area contributed by atoms with Crippen LogP contribution in [-0.4, -0.2) is 17.7 Å². The highest BCUT2D eigenvalue weighted by atomic mass is 16.3. The standard InChI is InChI=1S/C32H36N2O/c35-31-21-28-24(19-29-27-12-6-7-15-32(27,28)16-17-33-29)20-30(31)34(25-10-2-1-3-11-25)26-14-13-22-8-4-5-9-23(22)18-26/h1-3,10-11,13-14,18,20-21,27,29,33,35H,4-9,12,15-17,19H2/t27-,29+,32+/m0/s1. The molecule has 3 nitrogen and oxygen atoms in total. The fourth-order valence-corrected chi connectivity index (χ4v) is 8.00. The number of para-hydroxylation sites is 1. The summed E-state index contributed by atoms with van der Waals surface area (Å²) in [6, 6.07) is 22.6. The van der Waals surface area contributed by atoms with Crippen LogP contribution in [0.3, 0.4) is 0 Å². The van der Waals surface area contributed by atoms with Crippen LogP contribution in [0.25, 0.3) is 0 Å². The molecule has 1 saturated carbocycles. The van der Waals surface area contributed by atoms with Crippen LogP contribution in [0, 0.1) is 5.92 Å². The number of fused-ring (bicyclic) bond motifs is 2. The molecule has 3 heteroatoms. The van der Waals surface area contributed by atoms with Gasteiger partial charge in [0.25, 0.3) is 0 Å². The highest BCUT2D eigenvalue weighted by molar-refractivity contribution is 5.81. The number of hydrogen-bond acceptors (Lipinski definition) is 3. The quantitative estimate of drug-likeness (QED) is 0.434. The Bertz CT molecular complexity index is 1250. The lowest BCUT2D eigenvalue weighted by Gasteiger charge is -2.56. The van der Waals surface area contributed by atoms with Gasteiger partial charge in [-0.3, -0.25) is 0 Å². The van der Waals surface area contributed by atoms with Crippen LogP contribution in [-0.2, 0) is 24.7 Å². The molecule has 180 valence electrons. The van der Waals surface area contributed by atoms with Gasteiger partial charge in [0.05, 0.1) is 5.69 Å². The average Bonchev–Trinajstić information content (AvgIpc) is 2.90. The zero-order valence-electron chi connectivity index (χ0n) is 20.6. The Morgan fingerprint density at radius 3 is 2.54 bits per heavy atom. The number of hydrogen-bond donors (Lipinski definition) is 2. The number of anilines is 3. The Morgan fingerprint density at radius 1 is 0.800 bits per heavy atom. The molecule has 2 N–H and O–H groups in total. The maximum absolute atomic E-state index is 11.6. The first-order valence-corrected chi connectivity index (χ1v) is 13.8. The van der Waals surface area contributed by atoms with E-state index in [1.807, 2.05) is 0 Å². The summed E-state index contributed by atoms with van der Waals surface area (Å²) in [7, 11) is 0. The van der Waals surface area contributed by atoms with Crippen molar-refractivity contribution in [3.63, 3.8) is 0 Å². The molecular weight excluding hydrogens is 428 g/mol. The molecule has 1 aliphatic heterocycles. The summed E-state index contributed by atoms with van der Waals surface area (Å²) in [6.07, 6.45) is 12.4. The number of benzene rings is 3. The van der Waals surface area contributed by atoms with Crippen LogP contribution in [0.15, 0.2) is 60.7 Å². The fraction of sp³-hybridized carbons (Fsp3) is 0.438. The third kappa shape index (κ3) is 3.42. The molecule has 35 heavy (non-hydrogen) atoms. The van der Waals surface area contributed by atoms with E-state index in [-0.39, 0.29) is 5.41 Å². The lowest BCUT2D eigenvalue weighted by Crippen LogP contribution is -2.59. The summed E-state index contributed by atoms with van der Waals surface area (Å²) in [6.45, 7) is 1.11. The first kappa shape index (κ1) is 21.5. The molecule has 2 fully saturated rings. The van der Waals surface area contributed by atoms with E-state index >= 15 is 0 Å². The number of rotatable bonds is 3. The van der Waals surface area contributed by atoms with Crippen molar-refractivity contribution in [2.75, 3.05) is 11.4 Å². The van der Waals surface area contributed by atoms with Gasteiger partial charge in [-0.2, -0.15) is 0 Å². The number of nitrogens with one attached hydrogen (secondary N) is 1. The Balaban J connectivity index is 1.38. The molecule has 2 bridgehead atoms. The van der Waals surface area contributed by atoms with Gasteiger partial charge in [-0.05, 0) is 122 Å². The lowest BCUT2D eigenvalue weighted by molar-refractivity contribution is 0.0796. The van der Waals surface area contributed by atoms with Crippen molar-refractivity contribution < 1.29 is 5.11 Å². The van der Waals surface area contributed by atoms with E-state index in [1.165, 1.54) is 73.6 Å². The van der Waals surface area contributed by atoms with Crippen LogP contribution in [0.1, 0.15) is 67.2 Å². The highest BCUT2D eigenvalue weighted by Crippen LogP contribution is 2.56. The molecule has 0 spiro atoms. The molecular formula is C32H36N2O. The largest absolute Gasteiger partial charge is 0.506 e. The van der Waals surface area contributed by atoms with Gasteiger partial charge in [0, 0.05) is 22.8 Å². The minimum Gasteiger partial charge on any atom is -0.506 e. The van der Waals surface area contributed by atoms with Gasteiger partial charge in [-0.25, -0.2) is 0 Å². The smallest absolute Gasteiger partial charge is 0.139 e. The van der Waals surface area contributed by atoms with Crippen LogP contribution in [0.5, 0.6) is 5.75 Å². The van der Waals surface area contributed by atoms with E-state index in [9.17, 15) is 5.11 Å². The first-order valence-electron chi connectivity index (χ1n) is 13.8. The van der Waals surface area contributed by atoms with Crippen LogP contribution < -0.4 is 10.2 Å². The van der Waals surface area contributed by atoms with Crippen LogP contribution >= 0.6 is 0 Å². The van der Waals surface area contributed by atoms with Crippen molar-refractivity contribution in [3.05, 3.63) is 82.9 Å². The Labute approximate surface area is 209 Å². The molecule has 3 aromatic carbocycles. The number of aromatic hydroxyl groups is 1. The summed E-state index contributed by atoms with van der Waals surface area (Å²) in [5, 5.41) is 15.5. The van der Waals surface area contributed by atoms with Crippen molar-refractivity contribution in [2.45, 2.75) is 75.7 Å². The van der Waals surface area contributed by atoms with Gasteiger partial charge in [0.1, 0.15) is 5.75 Å². The van der Waals surface area contributed by atoms with E-state index in [1.54, 1.807) is 0 Å². The second-order valence-corrected chi connectivity index (χ2v) is 11.4. The van der Waals surface area contributed by atoms with E-state index < -0.39 is 0 Å². The molecule has 0 amide bonds. The van der Waals surface area contributed by atoms with Gasteiger partial charge in [0.15, 0.2) is 0 Å². The van der Waals surface area contributed by atoms with Crippen LogP contribution in [0.2, 0.25) is 0 Å². The maximum atomic E-state index is 11.6. The Kier molecular flexibility index (Phi) is 5.17.